The Morgan fingerprint density at radius 2 is 2.06 bits per heavy atom. The second kappa shape index (κ2) is 5.05. The van der Waals surface area contributed by atoms with Gasteiger partial charge in [-0.25, -0.2) is 0 Å². The second-order valence-corrected chi connectivity index (χ2v) is 3.34. The van der Waals surface area contributed by atoms with Crippen LogP contribution in [0.4, 0.5) is 13.2 Å². The van der Waals surface area contributed by atoms with Crippen LogP contribution in [0, 0.1) is 0 Å². The first-order valence-corrected chi connectivity index (χ1v) is 4.98. The van der Waals surface area contributed by atoms with Gasteiger partial charge in [0.2, 0.25) is 0 Å². The summed E-state index contributed by atoms with van der Waals surface area (Å²) in [5.74, 6) is -0.133. The van der Waals surface area contributed by atoms with Crippen molar-refractivity contribution in [2.45, 2.75) is 26.1 Å². The van der Waals surface area contributed by atoms with Crippen molar-refractivity contribution < 1.29 is 17.9 Å². The number of hydrogen-bond donors (Lipinski definition) is 0. The average molecular weight is 230 g/mol. The molecule has 4 heteroatoms. The molecule has 16 heavy (non-hydrogen) atoms. The molecule has 0 fully saturated rings. The van der Waals surface area contributed by atoms with Crippen LogP contribution in [0.5, 0.6) is 5.75 Å². The standard InChI is InChI=1S/C12H13F3O/c1-3-6-10-8-5-7-9(4-2)11(10)16-12(13,14)15/h4-5,7-8H,2-3,6H2,1H3. The van der Waals surface area contributed by atoms with E-state index in [1.807, 2.05) is 6.92 Å². The lowest BCUT2D eigenvalue weighted by Crippen LogP contribution is -2.18. The van der Waals surface area contributed by atoms with E-state index in [0.29, 0.717) is 17.5 Å². The number of hydrogen-bond acceptors (Lipinski definition) is 1. The van der Waals surface area contributed by atoms with Crippen LogP contribution in [0.1, 0.15) is 24.5 Å². The Balaban J connectivity index is 3.14. The zero-order chi connectivity index (χ0) is 12.2. The van der Waals surface area contributed by atoms with Crippen molar-refractivity contribution in [2.75, 3.05) is 0 Å². The molecule has 0 radical (unpaired) electrons. The highest BCUT2D eigenvalue weighted by molar-refractivity contribution is 5.58. The Morgan fingerprint density at radius 1 is 1.38 bits per heavy atom. The molecule has 0 aliphatic carbocycles. The fourth-order valence-electron chi connectivity index (χ4n) is 1.47. The van der Waals surface area contributed by atoms with Crippen molar-refractivity contribution in [1.82, 2.24) is 0 Å². The normalized spacial score (nSPS) is 11.2. The number of halogens is 3. The van der Waals surface area contributed by atoms with Gasteiger partial charge in [0.25, 0.3) is 0 Å². The molecule has 0 bridgehead atoms. The minimum absolute atomic E-state index is 0.133. The number of aryl methyl sites for hydroxylation is 1. The SMILES string of the molecule is C=Cc1cccc(CCC)c1OC(F)(F)F. The maximum atomic E-state index is 12.2. The van der Waals surface area contributed by atoms with Crippen LogP contribution in [-0.4, -0.2) is 6.36 Å². The zero-order valence-corrected chi connectivity index (χ0v) is 8.97. The van der Waals surface area contributed by atoms with E-state index in [2.05, 4.69) is 11.3 Å². The molecule has 1 nitrogen and oxygen atoms in total. The summed E-state index contributed by atoms with van der Waals surface area (Å²) in [6.45, 7) is 5.38. The van der Waals surface area contributed by atoms with Gasteiger partial charge in [0.15, 0.2) is 0 Å². The molecule has 0 aromatic heterocycles. The molecular formula is C12H13F3O. The average Bonchev–Trinajstić information content (AvgIpc) is 2.19. The molecule has 0 atom stereocenters. The third-order valence-corrected chi connectivity index (χ3v) is 2.08. The zero-order valence-electron chi connectivity index (χ0n) is 8.97. The molecule has 88 valence electrons. The first-order chi connectivity index (χ1) is 7.48. The summed E-state index contributed by atoms with van der Waals surface area (Å²) in [6, 6.07) is 4.88. The van der Waals surface area contributed by atoms with E-state index in [-0.39, 0.29) is 5.75 Å². The van der Waals surface area contributed by atoms with Gasteiger partial charge in [-0.3, -0.25) is 0 Å². The smallest absolute Gasteiger partial charge is 0.405 e. The predicted molar refractivity (Wildman–Crippen MR) is 57.2 cm³/mol. The summed E-state index contributed by atoms with van der Waals surface area (Å²) in [4.78, 5) is 0. The van der Waals surface area contributed by atoms with Crippen molar-refractivity contribution in [1.29, 1.82) is 0 Å². The molecule has 0 aliphatic rings. The Hall–Kier alpha value is -1.45. The Morgan fingerprint density at radius 3 is 2.56 bits per heavy atom. The largest absolute Gasteiger partial charge is 0.573 e. The van der Waals surface area contributed by atoms with E-state index < -0.39 is 6.36 Å². The van der Waals surface area contributed by atoms with Crippen molar-refractivity contribution in [3.63, 3.8) is 0 Å². The van der Waals surface area contributed by atoms with Crippen LogP contribution in [0.15, 0.2) is 24.8 Å². The van der Waals surface area contributed by atoms with E-state index >= 15 is 0 Å². The number of para-hydroxylation sites is 1. The number of alkyl halides is 3. The van der Waals surface area contributed by atoms with Gasteiger partial charge in [-0.2, -0.15) is 0 Å². The summed E-state index contributed by atoms with van der Waals surface area (Å²) in [6.07, 6.45) is -2.00. The third-order valence-electron chi connectivity index (χ3n) is 2.08. The van der Waals surface area contributed by atoms with Crippen LogP contribution >= 0.6 is 0 Å². The van der Waals surface area contributed by atoms with Crippen LogP contribution in [-0.2, 0) is 6.42 Å². The second-order valence-electron chi connectivity index (χ2n) is 3.34. The van der Waals surface area contributed by atoms with Crippen LogP contribution < -0.4 is 4.74 Å². The Labute approximate surface area is 92.5 Å². The monoisotopic (exact) mass is 230 g/mol. The number of benzene rings is 1. The van der Waals surface area contributed by atoms with E-state index in [0.717, 1.165) is 6.42 Å². The lowest BCUT2D eigenvalue weighted by Gasteiger charge is -2.15. The third kappa shape index (κ3) is 3.29. The Kier molecular flexibility index (Phi) is 3.99. The lowest BCUT2D eigenvalue weighted by molar-refractivity contribution is -0.275. The summed E-state index contributed by atoms with van der Waals surface area (Å²) in [7, 11) is 0. The van der Waals surface area contributed by atoms with Gasteiger partial charge in [0.1, 0.15) is 5.75 Å². The molecule has 0 amide bonds. The molecule has 1 aromatic carbocycles. The minimum Gasteiger partial charge on any atom is -0.405 e. The van der Waals surface area contributed by atoms with Crippen molar-refractivity contribution >= 4 is 6.08 Å². The van der Waals surface area contributed by atoms with Crippen LogP contribution in [0.3, 0.4) is 0 Å². The van der Waals surface area contributed by atoms with Gasteiger partial charge in [0.05, 0.1) is 0 Å². The number of ether oxygens (including phenoxy) is 1. The molecule has 0 saturated carbocycles. The summed E-state index contributed by atoms with van der Waals surface area (Å²) in [5, 5.41) is 0. The van der Waals surface area contributed by atoms with Gasteiger partial charge in [-0.15, -0.1) is 13.2 Å². The van der Waals surface area contributed by atoms with Crippen molar-refractivity contribution in [2.24, 2.45) is 0 Å². The molecule has 1 aromatic rings. The summed E-state index contributed by atoms with van der Waals surface area (Å²) < 4.78 is 40.7. The highest BCUT2D eigenvalue weighted by Gasteiger charge is 2.32. The minimum atomic E-state index is -4.67. The number of rotatable bonds is 4. The predicted octanol–water partition coefficient (Wildman–Crippen LogP) is 4.18. The van der Waals surface area contributed by atoms with Gasteiger partial charge in [-0.1, -0.05) is 44.2 Å². The molecule has 0 aliphatic heterocycles. The van der Waals surface area contributed by atoms with Crippen LogP contribution in [0.25, 0.3) is 6.08 Å². The van der Waals surface area contributed by atoms with Crippen molar-refractivity contribution in [3.05, 3.63) is 35.9 Å². The molecule has 1 rings (SSSR count). The van der Waals surface area contributed by atoms with E-state index in [4.69, 9.17) is 0 Å². The fourth-order valence-corrected chi connectivity index (χ4v) is 1.47. The first-order valence-electron chi connectivity index (χ1n) is 4.98. The van der Waals surface area contributed by atoms with Crippen LogP contribution in [0.2, 0.25) is 0 Å². The highest BCUT2D eigenvalue weighted by Crippen LogP contribution is 2.31. The summed E-state index contributed by atoms with van der Waals surface area (Å²) >= 11 is 0. The molecule has 0 unspecified atom stereocenters. The topological polar surface area (TPSA) is 9.23 Å². The Bertz CT molecular complexity index is 369. The maximum Gasteiger partial charge on any atom is 0.573 e. The van der Waals surface area contributed by atoms with E-state index in [1.54, 1.807) is 18.2 Å². The van der Waals surface area contributed by atoms with Gasteiger partial charge < -0.3 is 4.74 Å². The molecule has 0 saturated heterocycles. The molecule has 0 N–H and O–H groups in total. The van der Waals surface area contributed by atoms with Gasteiger partial charge in [0, 0.05) is 5.56 Å². The quantitative estimate of drug-likeness (QED) is 0.753. The fraction of sp³-hybridized carbons (Fsp3) is 0.333. The van der Waals surface area contributed by atoms with E-state index in [9.17, 15) is 13.2 Å². The van der Waals surface area contributed by atoms with E-state index in [1.165, 1.54) is 6.08 Å². The lowest BCUT2D eigenvalue weighted by atomic mass is 10.0. The first kappa shape index (κ1) is 12.6. The van der Waals surface area contributed by atoms with Gasteiger partial charge in [-0.05, 0) is 12.0 Å². The highest BCUT2D eigenvalue weighted by atomic mass is 19.4. The van der Waals surface area contributed by atoms with Gasteiger partial charge >= 0.3 is 6.36 Å². The maximum absolute atomic E-state index is 12.2. The molecule has 0 spiro atoms. The molecular weight excluding hydrogens is 217 g/mol. The van der Waals surface area contributed by atoms with Crippen molar-refractivity contribution in [3.8, 4) is 5.75 Å². The molecule has 0 heterocycles. The summed E-state index contributed by atoms with van der Waals surface area (Å²) in [5.41, 5.74) is 0.917.